The van der Waals surface area contributed by atoms with Gasteiger partial charge in [0.1, 0.15) is 5.82 Å². The van der Waals surface area contributed by atoms with Gasteiger partial charge in [-0.3, -0.25) is 4.79 Å². The molecular weight excluding hydrogens is 248 g/mol. The lowest BCUT2D eigenvalue weighted by Crippen LogP contribution is -2.41. The molecule has 3 nitrogen and oxygen atoms in total. The maximum atomic E-state index is 12.0. The predicted octanol–water partition coefficient (Wildman–Crippen LogP) is 3.11. The molecule has 3 heteroatoms. The van der Waals surface area contributed by atoms with Crippen molar-refractivity contribution in [3.8, 4) is 0 Å². The van der Waals surface area contributed by atoms with Crippen LogP contribution in [-0.4, -0.2) is 23.4 Å². The molecule has 0 radical (unpaired) electrons. The highest BCUT2D eigenvalue weighted by molar-refractivity contribution is 6.02. The standard InChI is InChI=1S/C17H18N2O/c1-13-12-16(20)15-8-5-10-18-17(15)19(13)11-9-14-6-3-2-4-7-14/h2-8,10,13H,9,11-12H2,1H3. The molecule has 0 spiro atoms. The maximum Gasteiger partial charge on any atom is 0.168 e. The van der Waals surface area contributed by atoms with E-state index in [0.717, 1.165) is 24.3 Å². The Labute approximate surface area is 119 Å². The molecule has 1 aromatic carbocycles. The number of benzene rings is 1. The Morgan fingerprint density at radius 1 is 1.20 bits per heavy atom. The highest BCUT2D eigenvalue weighted by Gasteiger charge is 2.29. The normalized spacial score (nSPS) is 17.9. The second-order valence-electron chi connectivity index (χ2n) is 5.28. The monoisotopic (exact) mass is 266 g/mol. The Bertz CT molecular complexity index is 609. The van der Waals surface area contributed by atoms with E-state index < -0.39 is 0 Å². The van der Waals surface area contributed by atoms with Crippen LogP contribution in [0.5, 0.6) is 0 Å². The average Bonchev–Trinajstić information content (AvgIpc) is 2.48. The van der Waals surface area contributed by atoms with Crippen molar-refractivity contribution in [3.63, 3.8) is 0 Å². The van der Waals surface area contributed by atoms with Crippen LogP contribution in [-0.2, 0) is 6.42 Å². The fourth-order valence-electron chi connectivity index (χ4n) is 2.76. The number of pyridine rings is 1. The minimum atomic E-state index is 0.205. The zero-order valence-electron chi connectivity index (χ0n) is 11.6. The molecule has 2 heterocycles. The number of aromatic nitrogens is 1. The van der Waals surface area contributed by atoms with E-state index in [9.17, 15) is 4.79 Å². The van der Waals surface area contributed by atoms with Crippen LogP contribution in [0.25, 0.3) is 0 Å². The van der Waals surface area contributed by atoms with Crippen molar-refractivity contribution in [1.82, 2.24) is 4.98 Å². The van der Waals surface area contributed by atoms with Crippen molar-refractivity contribution in [3.05, 3.63) is 59.8 Å². The van der Waals surface area contributed by atoms with Crippen LogP contribution in [0, 0.1) is 0 Å². The first kappa shape index (κ1) is 12.9. The number of Topliss-reactive ketones (excluding diaryl/α,β-unsaturated/α-hetero) is 1. The number of ketones is 1. The lowest BCUT2D eigenvalue weighted by Gasteiger charge is -2.35. The molecule has 1 aliphatic heterocycles. The molecule has 1 aliphatic rings. The topological polar surface area (TPSA) is 33.2 Å². The zero-order valence-corrected chi connectivity index (χ0v) is 11.6. The second kappa shape index (κ2) is 5.45. The third kappa shape index (κ3) is 2.44. The first-order chi connectivity index (χ1) is 9.75. The van der Waals surface area contributed by atoms with Gasteiger partial charge >= 0.3 is 0 Å². The maximum absolute atomic E-state index is 12.0. The minimum absolute atomic E-state index is 0.205. The van der Waals surface area contributed by atoms with Gasteiger partial charge in [0.2, 0.25) is 0 Å². The largest absolute Gasteiger partial charge is 0.353 e. The zero-order chi connectivity index (χ0) is 13.9. The van der Waals surface area contributed by atoms with Crippen molar-refractivity contribution in [2.45, 2.75) is 25.8 Å². The van der Waals surface area contributed by atoms with Crippen LogP contribution in [0.4, 0.5) is 5.82 Å². The number of carbonyl (C=O) groups is 1. The Morgan fingerprint density at radius 2 is 2.00 bits per heavy atom. The Morgan fingerprint density at radius 3 is 2.80 bits per heavy atom. The van der Waals surface area contributed by atoms with Gasteiger partial charge in [-0.05, 0) is 31.0 Å². The lowest BCUT2D eigenvalue weighted by atomic mass is 9.98. The van der Waals surface area contributed by atoms with Crippen LogP contribution in [0.3, 0.4) is 0 Å². The third-order valence-electron chi connectivity index (χ3n) is 3.86. The summed E-state index contributed by atoms with van der Waals surface area (Å²) in [6.45, 7) is 2.99. The quantitative estimate of drug-likeness (QED) is 0.856. The molecule has 3 rings (SSSR count). The predicted molar refractivity (Wildman–Crippen MR) is 80.1 cm³/mol. The van der Waals surface area contributed by atoms with Crippen LogP contribution >= 0.6 is 0 Å². The van der Waals surface area contributed by atoms with Crippen LogP contribution in [0.15, 0.2) is 48.7 Å². The SMILES string of the molecule is CC1CC(=O)c2cccnc2N1CCc1ccccc1. The first-order valence-corrected chi connectivity index (χ1v) is 7.04. The summed E-state index contributed by atoms with van der Waals surface area (Å²) in [7, 11) is 0. The molecule has 102 valence electrons. The summed E-state index contributed by atoms with van der Waals surface area (Å²) in [5.74, 6) is 1.05. The highest BCUT2D eigenvalue weighted by atomic mass is 16.1. The molecular formula is C17H18N2O. The molecule has 0 bridgehead atoms. The van der Waals surface area contributed by atoms with Crippen molar-refractivity contribution < 1.29 is 4.79 Å². The Balaban J connectivity index is 1.82. The molecule has 0 aliphatic carbocycles. The van der Waals surface area contributed by atoms with E-state index >= 15 is 0 Å². The molecule has 0 N–H and O–H groups in total. The van der Waals surface area contributed by atoms with Gasteiger partial charge in [0.15, 0.2) is 5.78 Å². The van der Waals surface area contributed by atoms with Crippen molar-refractivity contribution in [2.75, 3.05) is 11.4 Å². The summed E-state index contributed by atoms with van der Waals surface area (Å²) in [6.07, 6.45) is 3.31. The number of rotatable bonds is 3. The summed E-state index contributed by atoms with van der Waals surface area (Å²) < 4.78 is 0. The molecule has 1 unspecified atom stereocenters. The molecule has 20 heavy (non-hydrogen) atoms. The lowest BCUT2D eigenvalue weighted by molar-refractivity contribution is 0.0968. The first-order valence-electron chi connectivity index (χ1n) is 7.04. The number of hydrogen-bond acceptors (Lipinski definition) is 3. The van der Waals surface area contributed by atoms with Gasteiger partial charge in [0, 0.05) is 25.2 Å². The van der Waals surface area contributed by atoms with Crippen molar-refractivity contribution >= 4 is 11.6 Å². The summed E-state index contributed by atoms with van der Waals surface area (Å²) >= 11 is 0. The average molecular weight is 266 g/mol. The Hall–Kier alpha value is -2.16. The van der Waals surface area contributed by atoms with Gasteiger partial charge in [0.25, 0.3) is 0 Å². The van der Waals surface area contributed by atoms with Crippen LogP contribution < -0.4 is 4.90 Å². The van der Waals surface area contributed by atoms with Crippen LogP contribution in [0.1, 0.15) is 29.3 Å². The molecule has 1 atom stereocenters. The van der Waals surface area contributed by atoms with E-state index in [-0.39, 0.29) is 11.8 Å². The van der Waals surface area contributed by atoms with Crippen LogP contribution in [0.2, 0.25) is 0 Å². The van der Waals surface area contributed by atoms with E-state index in [0.29, 0.717) is 6.42 Å². The van der Waals surface area contributed by atoms with E-state index in [4.69, 9.17) is 0 Å². The van der Waals surface area contributed by atoms with Gasteiger partial charge in [-0.1, -0.05) is 30.3 Å². The molecule has 0 saturated heterocycles. The van der Waals surface area contributed by atoms with Crippen molar-refractivity contribution in [2.24, 2.45) is 0 Å². The number of carbonyl (C=O) groups excluding carboxylic acids is 1. The number of anilines is 1. The minimum Gasteiger partial charge on any atom is -0.353 e. The van der Waals surface area contributed by atoms with Gasteiger partial charge in [-0.25, -0.2) is 4.98 Å². The van der Waals surface area contributed by atoms with Gasteiger partial charge in [-0.15, -0.1) is 0 Å². The van der Waals surface area contributed by atoms with E-state index in [1.165, 1.54) is 5.56 Å². The fourth-order valence-corrected chi connectivity index (χ4v) is 2.76. The highest BCUT2D eigenvalue weighted by Crippen LogP contribution is 2.28. The number of nitrogens with zero attached hydrogens (tertiary/aromatic N) is 2. The van der Waals surface area contributed by atoms with Crippen molar-refractivity contribution in [1.29, 1.82) is 0 Å². The Kier molecular flexibility index (Phi) is 3.50. The second-order valence-corrected chi connectivity index (χ2v) is 5.28. The van der Waals surface area contributed by atoms with Gasteiger partial charge in [0.05, 0.1) is 5.56 Å². The molecule has 0 amide bonds. The number of fused-ring (bicyclic) bond motifs is 1. The molecule has 0 fully saturated rings. The van der Waals surface area contributed by atoms with Gasteiger partial charge < -0.3 is 4.90 Å². The third-order valence-corrected chi connectivity index (χ3v) is 3.86. The smallest absolute Gasteiger partial charge is 0.168 e. The molecule has 1 aromatic heterocycles. The molecule has 2 aromatic rings. The number of hydrogen-bond donors (Lipinski definition) is 0. The van der Waals surface area contributed by atoms with E-state index in [1.807, 2.05) is 18.2 Å². The molecule has 0 saturated carbocycles. The summed E-state index contributed by atoms with van der Waals surface area (Å²) in [4.78, 5) is 18.7. The summed E-state index contributed by atoms with van der Waals surface area (Å²) in [5, 5.41) is 0. The van der Waals surface area contributed by atoms with E-state index in [1.54, 1.807) is 6.20 Å². The summed E-state index contributed by atoms with van der Waals surface area (Å²) in [5.41, 5.74) is 2.08. The fraction of sp³-hybridized carbons (Fsp3) is 0.294. The van der Waals surface area contributed by atoms with E-state index in [2.05, 4.69) is 41.1 Å². The van der Waals surface area contributed by atoms with Gasteiger partial charge in [-0.2, -0.15) is 0 Å². The summed E-state index contributed by atoms with van der Waals surface area (Å²) in [6, 6.07) is 14.4.